The fourth-order valence-corrected chi connectivity index (χ4v) is 5.68. The minimum Gasteiger partial charge on any atom is -0.325 e. The molecule has 4 rings (SSSR count). The van der Waals surface area contributed by atoms with Crippen molar-refractivity contribution in [2.24, 2.45) is 5.92 Å². The van der Waals surface area contributed by atoms with E-state index >= 15 is 0 Å². The maximum Gasteiger partial charge on any atom is 0.418 e. The van der Waals surface area contributed by atoms with Gasteiger partial charge in [0.25, 0.3) is 0 Å². The number of amides is 1. The Hall–Kier alpha value is -2.62. The first-order valence-corrected chi connectivity index (χ1v) is 12.0. The first kappa shape index (κ1) is 23.5. The van der Waals surface area contributed by atoms with E-state index in [1.807, 2.05) is 24.3 Å². The van der Waals surface area contributed by atoms with Crippen LogP contribution >= 0.6 is 11.6 Å². The molecule has 3 aromatic carbocycles. The maximum absolute atomic E-state index is 13.3. The molecule has 1 saturated heterocycles. The van der Waals surface area contributed by atoms with Crippen molar-refractivity contribution in [2.45, 2.75) is 23.9 Å². The van der Waals surface area contributed by atoms with Crippen molar-refractivity contribution in [3.05, 3.63) is 71.2 Å². The van der Waals surface area contributed by atoms with Crippen molar-refractivity contribution in [2.75, 3.05) is 18.4 Å². The van der Waals surface area contributed by atoms with Crippen LogP contribution in [0, 0.1) is 5.92 Å². The molecule has 174 valence electrons. The number of anilines is 1. The Labute approximate surface area is 194 Å². The van der Waals surface area contributed by atoms with Crippen LogP contribution in [0.2, 0.25) is 5.02 Å². The second-order valence-electron chi connectivity index (χ2n) is 7.89. The molecule has 0 radical (unpaired) electrons. The highest BCUT2D eigenvalue weighted by Crippen LogP contribution is 2.37. The fourth-order valence-electron chi connectivity index (χ4n) is 3.95. The Morgan fingerprint density at radius 2 is 1.76 bits per heavy atom. The summed E-state index contributed by atoms with van der Waals surface area (Å²) in [5, 5.41) is 3.87. The predicted octanol–water partition coefficient (Wildman–Crippen LogP) is 5.55. The van der Waals surface area contributed by atoms with Gasteiger partial charge in [0, 0.05) is 18.1 Å². The van der Waals surface area contributed by atoms with E-state index in [4.69, 9.17) is 11.6 Å². The summed E-state index contributed by atoms with van der Waals surface area (Å²) in [5.74, 6) is -1.45. The van der Waals surface area contributed by atoms with Gasteiger partial charge in [-0.3, -0.25) is 4.79 Å². The van der Waals surface area contributed by atoms with Gasteiger partial charge in [-0.05, 0) is 53.9 Å². The third-order valence-electron chi connectivity index (χ3n) is 5.66. The zero-order valence-electron chi connectivity index (χ0n) is 17.3. The first-order chi connectivity index (χ1) is 15.6. The van der Waals surface area contributed by atoms with Crippen LogP contribution in [0.3, 0.4) is 0 Å². The Bertz CT molecular complexity index is 1310. The molecule has 0 unspecified atom stereocenters. The molecule has 1 heterocycles. The number of halogens is 4. The Kier molecular flexibility index (Phi) is 6.39. The van der Waals surface area contributed by atoms with E-state index in [1.165, 1.54) is 16.4 Å². The minimum absolute atomic E-state index is 0.106. The molecular formula is C23H20ClF3N2O3S. The predicted molar refractivity (Wildman–Crippen MR) is 121 cm³/mol. The van der Waals surface area contributed by atoms with Gasteiger partial charge < -0.3 is 5.32 Å². The second kappa shape index (κ2) is 8.96. The number of fused-ring (bicyclic) bond motifs is 1. The minimum atomic E-state index is -4.70. The number of nitrogens with zero attached hydrogens (tertiary/aromatic N) is 1. The van der Waals surface area contributed by atoms with Gasteiger partial charge in [-0.2, -0.15) is 17.5 Å². The molecule has 5 nitrogen and oxygen atoms in total. The summed E-state index contributed by atoms with van der Waals surface area (Å²) < 4.78 is 67.7. The molecule has 0 saturated carbocycles. The highest BCUT2D eigenvalue weighted by Gasteiger charge is 2.36. The average molecular weight is 497 g/mol. The summed E-state index contributed by atoms with van der Waals surface area (Å²) in [5.41, 5.74) is -1.47. The molecule has 33 heavy (non-hydrogen) atoms. The molecule has 1 aliphatic rings. The SMILES string of the molecule is O=C(Nc1ccc(Cl)cc1C(F)(F)F)[C@@H]1CCCN(S(=O)(=O)c2ccc3ccccc3c2)C1. The third kappa shape index (κ3) is 5.00. The Balaban J connectivity index is 1.54. The van der Waals surface area contributed by atoms with Gasteiger partial charge in [0.05, 0.1) is 22.1 Å². The van der Waals surface area contributed by atoms with Crippen molar-refractivity contribution in [3.63, 3.8) is 0 Å². The molecule has 0 aromatic heterocycles. The van der Waals surface area contributed by atoms with Crippen molar-refractivity contribution in [1.82, 2.24) is 4.31 Å². The number of hydrogen-bond acceptors (Lipinski definition) is 3. The molecule has 0 bridgehead atoms. The summed E-state index contributed by atoms with van der Waals surface area (Å²) in [6, 6.07) is 15.3. The smallest absolute Gasteiger partial charge is 0.325 e. The van der Waals surface area contributed by atoms with Crippen molar-refractivity contribution in [1.29, 1.82) is 0 Å². The van der Waals surface area contributed by atoms with E-state index in [-0.39, 0.29) is 23.0 Å². The van der Waals surface area contributed by atoms with E-state index in [0.717, 1.165) is 22.9 Å². The molecule has 1 atom stereocenters. The van der Waals surface area contributed by atoms with E-state index in [1.54, 1.807) is 12.1 Å². The van der Waals surface area contributed by atoms with Gasteiger partial charge in [-0.1, -0.05) is 41.9 Å². The van der Waals surface area contributed by atoms with Gasteiger partial charge in [0.15, 0.2) is 0 Å². The molecule has 1 aliphatic heterocycles. The summed E-state index contributed by atoms with van der Waals surface area (Å²) >= 11 is 5.69. The van der Waals surface area contributed by atoms with Crippen LogP contribution in [-0.2, 0) is 21.0 Å². The average Bonchev–Trinajstić information content (AvgIpc) is 2.79. The lowest BCUT2D eigenvalue weighted by molar-refractivity contribution is -0.137. The molecule has 3 aromatic rings. The molecule has 1 fully saturated rings. The highest BCUT2D eigenvalue weighted by molar-refractivity contribution is 7.89. The molecule has 0 spiro atoms. The standard InChI is InChI=1S/C23H20ClF3N2O3S/c24-18-8-10-21(20(13-18)23(25,26)27)28-22(30)17-6-3-11-29(14-17)33(31,32)19-9-7-15-4-1-2-5-16(15)12-19/h1-2,4-5,7-10,12-13,17H,3,6,11,14H2,(H,28,30)/t17-/m1/s1. The second-order valence-corrected chi connectivity index (χ2v) is 10.3. The normalized spacial score (nSPS) is 17.8. The fraction of sp³-hybridized carbons (Fsp3) is 0.261. The van der Waals surface area contributed by atoms with Crippen LogP contribution in [-0.4, -0.2) is 31.7 Å². The van der Waals surface area contributed by atoms with Crippen LogP contribution < -0.4 is 5.32 Å². The van der Waals surface area contributed by atoms with E-state index < -0.39 is 39.3 Å². The molecule has 1 amide bonds. The third-order valence-corrected chi connectivity index (χ3v) is 7.75. The van der Waals surface area contributed by atoms with Crippen LogP contribution in [0.5, 0.6) is 0 Å². The summed E-state index contributed by atoms with van der Waals surface area (Å²) in [4.78, 5) is 12.9. The lowest BCUT2D eigenvalue weighted by Gasteiger charge is -2.31. The number of rotatable bonds is 4. The van der Waals surface area contributed by atoms with Crippen LogP contribution in [0.15, 0.2) is 65.6 Å². The molecule has 0 aliphatic carbocycles. The number of carbonyl (C=O) groups is 1. The number of piperidine rings is 1. The van der Waals surface area contributed by atoms with E-state index in [9.17, 15) is 26.4 Å². The van der Waals surface area contributed by atoms with Gasteiger partial charge in [0.1, 0.15) is 0 Å². The van der Waals surface area contributed by atoms with Crippen molar-refractivity contribution < 1.29 is 26.4 Å². The zero-order valence-corrected chi connectivity index (χ0v) is 18.8. The van der Waals surface area contributed by atoms with Crippen LogP contribution in [0.25, 0.3) is 10.8 Å². The molecule has 10 heteroatoms. The number of carbonyl (C=O) groups excluding carboxylic acids is 1. The summed E-state index contributed by atoms with van der Waals surface area (Å²) in [6.45, 7) is 0.115. The zero-order chi connectivity index (χ0) is 23.8. The first-order valence-electron chi connectivity index (χ1n) is 10.2. The van der Waals surface area contributed by atoms with Crippen molar-refractivity contribution in [3.8, 4) is 0 Å². The number of sulfonamides is 1. The number of alkyl halides is 3. The highest BCUT2D eigenvalue weighted by atomic mass is 35.5. The quantitative estimate of drug-likeness (QED) is 0.515. The number of hydrogen-bond donors (Lipinski definition) is 1. The number of nitrogens with one attached hydrogen (secondary N) is 1. The number of benzene rings is 3. The van der Waals surface area contributed by atoms with Crippen molar-refractivity contribution >= 4 is 44.0 Å². The maximum atomic E-state index is 13.3. The lowest BCUT2D eigenvalue weighted by Crippen LogP contribution is -2.43. The molecule has 1 N–H and O–H groups in total. The largest absolute Gasteiger partial charge is 0.418 e. The topological polar surface area (TPSA) is 66.5 Å². The van der Waals surface area contributed by atoms with Gasteiger partial charge in [0.2, 0.25) is 15.9 Å². The van der Waals surface area contributed by atoms with Gasteiger partial charge >= 0.3 is 6.18 Å². The summed E-state index contributed by atoms with van der Waals surface area (Å²) in [6.07, 6.45) is -3.92. The Morgan fingerprint density at radius 1 is 1.03 bits per heavy atom. The monoisotopic (exact) mass is 496 g/mol. The molecular weight excluding hydrogens is 477 g/mol. The van der Waals surface area contributed by atoms with Crippen LogP contribution in [0.1, 0.15) is 18.4 Å². The van der Waals surface area contributed by atoms with E-state index in [0.29, 0.717) is 12.8 Å². The summed E-state index contributed by atoms with van der Waals surface area (Å²) in [7, 11) is -3.87. The van der Waals surface area contributed by atoms with Crippen LogP contribution in [0.4, 0.5) is 18.9 Å². The Morgan fingerprint density at radius 3 is 2.48 bits per heavy atom. The lowest BCUT2D eigenvalue weighted by atomic mass is 9.98. The van der Waals surface area contributed by atoms with E-state index in [2.05, 4.69) is 5.32 Å². The van der Waals surface area contributed by atoms with Gasteiger partial charge in [-0.15, -0.1) is 0 Å². The van der Waals surface area contributed by atoms with Gasteiger partial charge in [-0.25, -0.2) is 8.42 Å².